The van der Waals surface area contributed by atoms with Crippen molar-refractivity contribution < 1.29 is 0 Å². The Balaban J connectivity index is 2.21. The van der Waals surface area contributed by atoms with E-state index in [2.05, 4.69) is 41.3 Å². The van der Waals surface area contributed by atoms with Gasteiger partial charge in [0, 0.05) is 0 Å². The lowest BCUT2D eigenvalue weighted by Gasteiger charge is -2.30. The van der Waals surface area contributed by atoms with Crippen LogP contribution in [0.5, 0.6) is 0 Å². The Morgan fingerprint density at radius 2 is 2.00 bits per heavy atom. The van der Waals surface area contributed by atoms with Crippen LogP contribution in [0.4, 0.5) is 0 Å². The van der Waals surface area contributed by atoms with E-state index in [0.717, 1.165) is 0 Å². The molecule has 0 saturated carbocycles. The molecule has 2 nitrogen and oxygen atoms in total. The van der Waals surface area contributed by atoms with E-state index in [1.807, 2.05) is 6.21 Å². The molecule has 0 amide bonds. The van der Waals surface area contributed by atoms with E-state index in [9.17, 15) is 0 Å². The van der Waals surface area contributed by atoms with Gasteiger partial charge in [0.2, 0.25) is 0 Å². The molecule has 2 atom stereocenters. The number of hydrazone groups is 1. The zero-order chi connectivity index (χ0) is 8.13. The number of hydrogen-bond donors (Lipinski definition) is 0. The lowest BCUT2D eigenvalue weighted by Crippen LogP contribution is -2.28. The van der Waals surface area contributed by atoms with Crippen LogP contribution in [0.3, 0.4) is 0 Å². The molecule has 0 unspecified atom stereocenters. The minimum atomic E-state index is 0.469. The first-order chi connectivity index (χ1) is 5.88. The molecule has 0 radical (unpaired) electrons. The first-order valence-electron chi connectivity index (χ1n) is 4.29. The van der Waals surface area contributed by atoms with Crippen LogP contribution < -0.4 is 0 Å². The quantitative estimate of drug-likeness (QED) is 0.564. The van der Waals surface area contributed by atoms with Gasteiger partial charge in [0.1, 0.15) is 6.04 Å². The van der Waals surface area contributed by atoms with Gasteiger partial charge in [0.05, 0.1) is 12.3 Å². The van der Waals surface area contributed by atoms with Crippen molar-refractivity contribution in [3.8, 4) is 0 Å². The maximum absolute atomic E-state index is 4.24. The second kappa shape index (κ2) is 1.89. The monoisotopic (exact) mass is 158 g/mol. The SMILES string of the molecule is C[C@@H]1c2ccccc2[C@H]2C=NN12. The number of benzene rings is 1. The zero-order valence-electron chi connectivity index (χ0n) is 6.94. The summed E-state index contributed by atoms with van der Waals surface area (Å²) >= 11 is 0. The van der Waals surface area contributed by atoms with Crippen molar-refractivity contribution in [1.29, 1.82) is 0 Å². The predicted octanol–water partition coefficient (Wildman–Crippen LogP) is 2.10. The van der Waals surface area contributed by atoms with Crippen LogP contribution in [-0.2, 0) is 0 Å². The van der Waals surface area contributed by atoms with Crippen LogP contribution in [0.1, 0.15) is 30.1 Å². The van der Waals surface area contributed by atoms with Gasteiger partial charge in [0.15, 0.2) is 0 Å². The molecule has 0 spiro atoms. The van der Waals surface area contributed by atoms with Crippen LogP contribution in [0.15, 0.2) is 29.4 Å². The largest absolute Gasteiger partial charge is 0.277 e. The minimum Gasteiger partial charge on any atom is -0.277 e. The summed E-state index contributed by atoms with van der Waals surface area (Å²) < 4.78 is 0. The van der Waals surface area contributed by atoms with Gasteiger partial charge < -0.3 is 0 Å². The fourth-order valence-electron chi connectivity index (χ4n) is 2.08. The molecule has 0 aliphatic carbocycles. The fourth-order valence-corrected chi connectivity index (χ4v) is 2.08. The van der Waals surface area contributed by atoms with Gasteiger partial charge >= 0.3 is 0 Å². The highest BCUT2D eigenvalue weighted by Gasteiger charge is 2.38. The molecule has 0 fully saturated rings. The number of fused-ring (bicyclic) bond motifs is 3. The summed E-state index contributed by atoms with van der Waals surface area (Å²) in [6, 6.07) is 9.53. The van der Waals surface area contributed by atoms with Crippen LogP contribution in [0, 0.1) is 0 Å². The molecular formula is C10H10N2. The third-order valence-electron chi connectivity index (χ3n) is 2.79. The minimum absolute atomic E-state index is 0.469. The average Bonchev–Trinajstić information content (AvgIpc) is 2.20. The molecule has 1 aromatic carbocycles. The summed E-state index contributed by atoms with van der Waals surface area (Å²) in [7, 11) is 0. The van der Waals surface area contributed by atoms with Crippen molar-refractivity contribution >= 4 is 6.21 Å². The van der Waals surface area contributed by atoms with Crippen molar-refractivity contribution in [1.82, 2.24) is 5.01 Å². The molecule has 2 aliphatic heterocycles. The average molecular weight is 158 g/mol. The third kappa shape index (κ3) is 0.546. The Labute approximate surface area is 71.5 Å². The maximum Gasteiger partial charge on any atom is 0.110 e. The van der Waals surface area contributed by atoms with E-state index in [0.29, 0.717) is 12.1 Å². The molecule has 0 bridgehead atoms. The van der Waals surface area contributed by atoms with Crippen LogP contribution in [0.25, 0.3) is 0 Å². The van der Waals surface area contributed by atoms with Crippen LogP contribution in [-0.4, -0.2) is 11.2 Å². The van der Waals surface area contributed by atoms with Gasteiger partial charge in [-0.2, -0.15) is 5.10 Å². The number of nitrogens with zero attached hydrogens (tertiary/aromatic N) is 2. The summed E-state index contributed by atoms with van der Waals surface area (Å²) in [5, 5.41) is 6.39. The summed E-state index contributed by atoms with van der Waals surface area (Å²) in [5.74, 6) is 0. The van der Waals surface area contributed by atoms with Gasteiger partial charge in [0.25, 0.3) is 0 Å². The second-order valence-corrected chi connectivity index (χ2v) is 3.39. The van der Waals surface area contributed by atoms with Crippen molar-refractivity contribution in [2.45, 2.75) is 19.0 Å². The zero-order valence-corrected chi connectivity index (χ0v) is 6.94. The van der Waals surface area contributed by atoms with Gasteiger partial charge in [-0.05, 0) is 18.1 Å². The maximum atomic E-state index is 4.24. The van der Waals surface area contributed by atoms with E-state index in [4.69, 9.17) is 0 Å². The first-order valence-corrected chi connectivity index (χ1v) is 4.29. The lowest BCUT2D eigenvalue weighted by molar-refractivity contribution is 0.190. The second-order valence-electron chi connectivity index (χ2n) is 3.39. The van der Waals surface area contributed by atoms with Gasteiger partial charge in [-0.3, -0.25) is 5.01 Å². The highest BCUT2D eigenvalue weighted by Crippen LogP contribution is 2.44. The standard InChI is InChI=1S/C10H10N2/c1-7-8-4-2-3-5-9(8)10-6-11-12(7)10/h2-7,10H,1H3/t7-,10-/m1/s1. The molecule has 60 valence electrons. The molecule has 1 aromatic rings. The summed E-state index contributed by atoms with van der Waals surface area (Å²) in [6.07, 6.45) is 2.02. The van der Waals surface area contributed by atoms with E-state index in [-0.39, 0.29) is 0 Å². The Morgan fingerprint density at radius 1 is 1.25 bits per heavy atom. The molecule has 2 heterocycles. The lowest BCUT2D eigenvalue weighted by atomic mass is 10.0. The predicted molar refractivity (Wildman–Crippen MR) is 47.9 cm³/mol. The van der Waals surface area contributed by atoms with Crippen molar-refractivity contribution in [3.63, 3.8) is 0 Å². The molecule has 2 heteroatoms. The Hall–Kier alpha value is -1.31. The van der Waals surface area contributed by atoms with Gasteiger partial charge in [-0.25, -0.2) is 0 Å². The van der Waals surface area contributed by atoms with Crippen molar-refractivity contribution in [2.24, 2.45) is 5.10 Å². The third-order valence-corrected chi connectivity index (χ3v) is 2.79. The van der Waals surface area contributed by atoms with E-state index < -0.39 is 0 Å². The highest BCUT2D eigenvalue weighted by molar-refractivity contribution is 5.74. The molecular weight excluding hydrogens is 148 g/mol. The van der Waals surface area contributed by atoms with E-state index in [1.54, 1.807) is 0 Å². The topological polar surface area (TPSA) is 15.6 Å². The smallest absolute Gasteiger partial charge is 0.110 e. The van der Waals surface area contributed by atoms with Gasteiger partial charge in [-0.1, -0.05) is 24.3 Å². The molecule has 2 aliphatic rings. The Kier molecular flexibility index (Phi) is 0.980. The Morgan fingerprint density at radius 3 is 2.67 bits per heavy atom. The van der Waals surface area contributed by atoms with Crippen LogP contribution >= 0.6 is 0 Å². The van der Waals surface area contributed by atoms with Crippen molar-refractivity contribution in [2.75, 3.05) is 0 Å². The van der Waals surface area contributed by atoms with Crippen molar-refractivity contribution in [3.05, 3.63) is 35.4 Å². The van der Waals surface area contributed by atoms with Crippen LogP contribution in [0.2, 0.25) is 0 Å². The van der Waals surface area contributed by atoms with E-state index >= 15 is 0 Å². The molecule has 12 heavy (non-hydrogen) atoms. The molecule has 3 rings (SSSR count). The molecule has 0 N–H and O–H groups in total. The fraction of sp³-hybridized carbons (Fsp3) is 0.300. The summed E-state index contributed by atoms with van der Waals surface area (Å²) in [6.45, 7) is 2.20. The normalized spacial score (nSPS) is 29.6. The molecule has 0 aromatic heterocycles. The number of rotatable bonds is 0. The highest BCUT2D eigenvalue weighted by atomic mass is 15.5. The van der Waals surface area contributed by atoms with Gasteiger partial charge in [-0.15, -0.1) is 0 Å². The Bertz CT molecular complexity index is 357. The molecule has 0 saturated heterocycles. The first kappa shape index (κ1) is 6.23. The number of hydrogen-bond acceptors (Lipinski definition) is 2. The summed E-state index contributed by atoms with van der Waals surface area (Å²) in [5.41, 5.74) is 2.86. The van der Waals surface area contributed by atoms with E-state index in [1.165, 1.54) is 11.1 Å². The summed E-state index contributed by atoms with van der Waals surface area (Å²) in [4.78, 5) is 0.